The van der Waals surface area contributed by atoms with E-state index in [0.29, 0.717) is 0 Å². The van der Waals surface area contributed by atoms with Gasteiger partial charge in [-0.05, 0) is 27.7 Å². The zero-order valence-corrected chi connectivity index (χ0v) is 13.7. The first kappa shape index (κ1) is 16.5. The van der Waals surface area contributed by atoms with Crippen LogP contribution >= 0.6 is 0 Å². The predicted octanol–water partition coefficient (Wildman–Crippen LogP) is -0.395. The summed E-state index contributed by atoms with van der Waals surface area (Å²) in [6, 6.07) is 0. The van der Waals surface area contributed by atoms with Gasteiger partial charge in [-0.25, -0.2) is 5.14 Å². The van der Waals surface area contributed by atoms with Crippen LogP contribution in [-0.4, -0.2) is 57.3 Å². The maximum atomic E-state index is 11.1. The van der Waals surface area contributed by atoms with Crippen LogP contribution in [0.1, 0.15) is 27.7 Å². The van der Waals surface area contributed by atoms with Crippen molar-refractivity contribution < 1.29 is 36.3 Å². The number of nitrogens with two attached hydrogens (primary N) is 1. The Balaban J connectivity index is 1.87. The summed E-state index contributed by atoms with van der Waals surface area (Å²) >= 11 is 0. The van der Waals surface area contributed by atoms with Crippen LogP contribution < -0.4 is 5.14 Å². The van der Waals surface area contributed by atoms with Crippen molar-refractivity contribution >= 4 is 10.3 Å². The van der Waals surface area contributed by atoms with E-state index in [1.807, 2.05) is 0 Å². The van der Waals surface area contributed by atoms with E-state index in [2.05, 4.69) is 0 Å². The van der Waals surface area contributed by atoms with Crippen molar-refractivity contribution in [2.45, 2.75) is 63.4 Å². The number of hydrogen-bond donors (Lipinski definition) is 1. The molecular weight excluding hydrogens is 318 g/mol. The third-order valence-corrected chi connectivity index (χ3v) is 4.15. The van der Waals surface area contributed by atoms with Gasteiger partial charge in [-0.3, -0.25) is 4.18 Å². The standard InChI is InChI=1S/C12H21NO8S/c1-10(2)18-7-5-16-12(6-17-22(13,14)15)9(8(7)19-10)20-11(3,4)21-12/h7-9H,5-6H2,1-4H3,(H2,13,14,15)/t7-,8+,9+,12-/m0/s1. The molecule has 3 saturated heterocycles. The molecule has 0 aliphatic carbocycles. The summed E-state index contributed by atoms with van der Waals surface area (Å²) in [7, 11) is -4.14. The summed E-state index contributed by atoms with van der Waals surface area (Å²) < 4.78 is 55.9. The maximum Gasteiger partial charge on any atom is 0.333 e. The summed E-state index contributed by atoms with van der Waals surface area (Å²) in [4.78, 5) is 0. The van der Waals surface area contributed by atoms with Gasteiger partial charge in [-0.1, -0.05) is 0 Å². The molecule has 3 rings (SSSR count). The molecule has 2 N–H and O–H groups in total. The minimum atomic E-state index is -4.14. The van der Waals surface area contributed by atoms with Gasteiger partial charge >= 0.3 is 10.3 Å². The second-order valence-electron chi connectivity index (χ2n) is 6.56. The third kappa shape index (κ3) is 3.02. The average Bonchev–Trinajstić information content (AvgIpc) is 2.78. The topological polar surface area (TPSA) is 116 Å². The minimum Gasteiger partial charge on any atom is -0.343 e. The zero-order valence-electron chi connectivity index (χ0n) is 12.9. The van der Waals surface area contributed by atoms with Gasteiger partial charge in [-0.15, -0.1) is 0 Å². The van der Waals surface area contributed by atoms with E-state index < -0.39 is 46.5 Å². The Bertz CT molecular complexity index is 561. The van der Waals surface area contributed by atoms with Gasteiger partial charge in [0.25, 0.3) is 0 Å². The highest BCUT2D eigenvalue weighted by atomic mass is 32.2. The number of ether oxygens (including phenoxy) is 5. The van der Waals surface area contributed by atoms with Crippen LogP contribution in [0.25, 0.3) is 0 Å². The highest BCUT2D eigenvalue weighted by Crippen LogP contribution is 2.47. The first-order valence-electron chi connectivity index (χ1n) is 6.96. The number of rotatable bonds is 3. The summed E-state index contributed by atoms with van der Waals surface area (Å²) in [5, 5.41) is 4.89. The molecular formula is C12H21NO8S. The molecule has 3 fully saturated rings. The van der Waals surface area contributed by atoms with E-state index in [-0.39, 0.29) is 12.7 Å². The van der Waals surface area contributed by atoms with Crippen molar-refractivity contribution in [2.75, 3.05) is 13.2 Å². The van der Waals surface area contributed by atoms with Gasteiger partial charge in [-0.2, -0.15) is 8.42 Å². The first-order valence-corrected chi connectivity index (χ1v) is 8.43. The monoisotopic (exact) mass is 339 g/mol. The van der Waals surface area contributed by atoms with E-state index in [9.17, 15) is 8.42 Å². The predicted molar refractivity (Wildman–Crippen MR) is 71.6 cm³/mol. The van der Waals surface area contributed by atoms with Gasteiger partial charge in [0.05, 0.1) is 6.61 Å². The van der Waals surface area contributed by atoms with Gasteiger partial charge in [0.2, 0.25) is 5.79 Å². The maximum absolute atomic E-state index is 11.1. The summed E-state index contributed by atoms with van der Waals surface area (Å²) in [5.41, 5.74) is 0. The molecule has 128 valence electrons. The zero-order chi connectivity index (χ0) is 16.4. The SMILES string of the molecule is CC1(C)O[C@@H]2[C@H](CO[C@@]3(COS(N)(=O)=O)OC(C)(C)O[C@H]23)O1. The lowest BCUT2D eigenvalue weighted by atomic mass is 9.98. The van der Waals surface area contributed by atoms with Crippen molar-refractivity contribution in [1.82, 2.24) is 0 Å². The fourth-order valence-corrected chi connectivity index (χ4v) is 3.44. The van der Waals surface area contributed by atoms with Crippen LogP contribution in [0.3, 0.4) is 0 Å². The molecule has 3 heterocycles. The minimum absolute atomic E-state index is 0.165. The van der Waals surface area contributed by atoms with Crippen molar-refractivity contribution in [1.29, 1.82) is 0 Å². The first-order chi connectivity index (χ1) is 9.92. The van der Waals surface area contributed by atoms with Gasteiger partial charge < -0.3 is 23.7 Å². The Kier molecular flexibility index (Phi) is 3.63. The Hall–Kier alpha value is -0.330. The second kappa shape index (κ2) is 4.84. The molecule has 0 aromatic heterocycles. The lowest BCUT2D eigenvalue weighted by Crippen LogP contribution is -2.60. The van der Waals surface area contributed by atoms with Crippen LogP contribution in [0.2, 0.25) is 0 Å². The Labute approximate surface area is 129 Å². The van der Waals surface area contributed by atoms with E-state index in [1.165, 1.54) is 0 Å². The summed E-state index contributed by atoms with van der Waals surface area (Å²) in [6.07, 6.45) is -1.50. The molecule has 4 atom stereocenters. The molecule has 0 amide bonds. The average molecular weight is 339 g/mol. The number of hydrogen-bond acceptors (Lipinski definition) is 8. The third-order valence-electron chi connectivity index (χ3n) is 3.70. The lowest BCUT2D eigenvalue weighted by Gasteiger charge is -2.40. The quantitative estimate of drug-likeness (QED) is 0.739. The van der Waals surface area contributed by atoms with Crippen molar-refractivity contribution in [3.05, 3.63) is 0 Å². The lowest BCUT2D eigenvalue weighted by molar-refractivity contribution is -0.290. The second-order valence-corrected chi connectivity index (χ2v) is 7.78. The molecule has 9 nitrogen and oxygen atoms in total. The smallest absolute Gasteiger partial charge is 0.333 e. The van der Waals surface area contributed by atoms with E-state index in [1.54, 1.807) is 27.7 Å². The molecule has 10 heteroatoms. The van der Waals surface area contributed by atoms with E-state index >= 15 is 0 Å². The molecule has 0 spiro atoms. The Morgan fingerprint density at radius 1 is 1.14 bits per heavy atom. The van der Waals surface area contributed by atoms with E-state index in [4.69, 9.17) is 33.0 Å². The Morgan fingerprint density at radius 3 is 2.45 bits per heavy atom. The fraction of sp³-hybridized carbons (Fsp3) is 1.00. The highest BCUT2D eigenvalue weighted by Gasteiger charge is 2.65. The van der Waals surface area contributed by atoms with Crippen LogP contribution in [0.5, 0.6) is 0 Å². The van der Waals surface area contributed by atoms with Crippen LogP contribution in [-0.2, 0) is 38.2 Å². The van der Waals surface area contributed by atoms with Crippen LogP contribution in [0.4, 0.5) is 0 Å². The fourth-order valence-electron chi connectivity index (χ4n) is 3.11. The molecule has 22 heavy (non-hydrogen) atoms. The van der Waals surface area contributed by atoms with Gasteiger partial charge in [0.15, 0.2) is 11.6 Å². The number of fused-ring (bicyclic) bond motifs is 3. The molecule has 0 saturated carbocycles. The summed E-state index contributed by atoms with van der Waals surface area (Å²) in [5.74, 6) is -3.19. The van der Waals surface area contributed by atoms with Crippen molar-refractivity contribution in [3.8, 4) is 0 Å². The van der Waals surface area contributed by atoms with Gasteiger partial charge in [0, 0.05) is 0 Å². The largest absolute Gasteiger partial charge is 0.343 e. The molecule has 0 unspecified atom stereocenters. The van der Waals surface area contributed by atoms with Crippen molar-refractivity contribution in [2.24, 2.45) is 5.14 Å². The normalized spacial score (nSPS) is 42.9. The van der Waals surface area contributed by atoms with Crippen LogP contribution in [0.15, 0.2) is 0 Å². The summed E-state index contributed by atoms with van der Waals surface area (Å²) in [6.45, 7) is 6.71. The van der Waals surface area contributed by atoms with Gasteiger partial charge in [0.1, 0.15) is 24.9 Å². The van der Waals surface area contributed by atoms with E-state index in [0.717, 1.165) is 0 Å². The van der Waals surface area contributed by atoms with Crippen LogP contribution in [0, 0.1) is 0 Å². The molecule has 0 aromatic rings. The molecule has 0 radical (unpaired) electrons. The Morgan fingerprint density at radius 2 is 1.82 bits per heavy atom. The molecule has 3 aliphatic heterocycles. The molecule has 3 aliphatic rings. The van der Waals surface area contributed by atoms with Crippen molar-refractivity contribution in [3.63, 3.8) is 0 Å². The molecule has 0 bridgehead atoms. The molecule has 0 aromatic carbocycles. The highest BCUT2D eigenvalue weighted by molar-refractivity contribution is 7.84.